The van der Waals surface area contributed by atoms with Crippen molar-refractivity contribution in [2.45, 2.75) is 258 Å². The summed E-state index contributed by atoms with van der Waals surface area (Å²) >= 11 is 0. The van der Waals surface area contributed by atoms with Gasteiger partial charge in [0.25, 0.3) is 11.8 Å². The number of likely N-dealkylation sites (tertiary alicyclic amines) is 2. The van der Waals surface area contributed by atoms with Gasteiger partial charge in [0.1, 0.15) is 28.0 Å². The number of alkyl halides is 3. The third-order valence-electron chi connectivity index (χ3n) is 16.5. The number of carbonyl (C=O) groups is 11. The number of nitrogens with zero attached hydrogens (tertiary/aromatic N) is 5. The second-order valence-electron chi connectivity index (χ2n) is 33.6. The van der Waals surface area contributed by atoms with Crippen LogP contribution in [0.5, 0.6) is 0 Å². The van der Waals surface area contributed by atoms with Crippen molar-refractivity contribution in [3.8, 4) is 0 Å². The molecule has 130 heavy (non-hydrogen) atoms. The summed E-state index contributed by atoms with van der Waals surface area (Å²) in [6, 6.07) is 35.8. The lowest BCUT2D eigenvalue weighted by atomic mass is 10.0. The molecule has 0 spiro atoms. The highest BCUT2D eigenvalue weighted by Crippen LogP contribution is 2.23. The highest BCUT2D eigenvalue weighted by atomic mass is 19.4. The molecule has 0 saturated carbocycles. The van der Waals surface area contributed by atoms with Crippen LogP contribution in [0.2, 0.25) is 0 Å². The molecule has 32 nitrogen and oxygen atoms in total. The number of amides is 5. The molecule has 3 aliphatic heterocycles. The SMILES string of the molecule is C.C.CC(=O)c1ccc(NC(=O)OC(C)(C)C)cc1.CC(C)(C)OC(=O)OC(=O)OC(C)(C)C.CCOC(=O)c1ccc(N)cc1.CCOC(=O)c1ccc(NC(=O)OC(C)(C)C)cc1.CN(C)C1CCN(C(=O)c2ccc(N)cc2)CC1.CN(C)C1CCN(C(=O)c2ccc(NC(=O)OC(C)(C)C)cc2)CC1.CN(C)C1CCNCC1.CO.O=C(O)C(F)(F)F.[2H]CC.[2H]CC. The zero-order valence-electron chi connectivity index (χ0n) is 82.3. The topological polar surface area (TPSA) is 418 Å². The average molecular weight is 1850 g/mol. The van der Waals surface area contributed by atoms with E-state index in [0.29, 0.717) is 89.8 Å². The number of esters is 2. The molecule has 3 heterocycles. The van der Waals surface area contributed by atoms with Gasteiger partial charge in [-0.05, 0) is 340 Å². The van der Waals surface area contributed by atoms with Gasteiger partial charge in [-0.3, -0.25) is 30.3 Å². The Morgan fingerprint density at radius 1 is 0.423 bits per heavy atom. The van der Waals surface area contributed by atoms with E-state index in [1.54, 1.807) is 232 Å². The molecule has 5 aromatic rings. The quantitative estimate of drug-likeness (QED) is 0.0178. The predicted octanol–water partition coefficient (Wildman–Crippen LogP) is 19.3. The minimum Gasteiger partial charge on any atom is -0.475 e. The van der Waals surface area contributed by atoms with Crippen molar-refractivity contribution in [3.05, 3.63) is 149 Å². The first-order chi connectivity index (χ1) is 60.1. The van der Waals surface area contributed by atoms with E-state index in [-0.39, 0.29) is 44.4 Å². The molecular formula is C95H156F3N11O21. The standard InChI is InChI=1S/C19H29N3O3.C14H21N3O.C14H19NO4.C13H17NO3.C10H18O5.C9H11NO2.C7H16N2.C2HF3O2.2C2H6.CH4O.2CH4/c1-19(2,3)25-18(24)20-15-8-6-14(7-9-15)17(23)22-12-10-16(11-13-22)21(4)5;1-16(2)13-7-9-17(10-8-13)14(18)11-3-5-12(15)6-4-11;1-5-18-12(16)10-6-8-11(9-7-10)15-13(17)19-14(2,3)4;1-9(15)10-5-7-11(8-6-10)14-12(16)17-13(2,3)4;1-9(2,3)14-7(11)13-8(12)15-10(4,5)6;1-2-12-9(11)7-3-5-8(10)6-4-7;1-9(2)7-3-5-8-6-4-7;3-2(4,5)1(6)7;3*1-2;;/h6-9,16H,10-13H2,1-5H3,(H,20,24);3-6,13H,7-10,15H2,1-2H3;6-9H,5H2,1-4H3,(H,15,17);5-8H,1-4H3,(H,14,16);1-6H3;3-6H,2,10H2,1H3;7-8H,3-6H2,1-2H3;(H,6,7);2*1-2H3;2H,1H3;2*1H4/i;;;;;;;;2*1D;;;. The van der Waals surface area contributed by atoms with Crippen LogP contribution in [0, 0.1) is 0 Å². The van der Waals surface area contributed by atoms with Gasteiger partial charge >= 0.3 is 54.7 Å². The van der Waals surface area contributed by atoms with E-state index < -0.39 is 70.7 Å². The van der Waals surface area contributed by atoms with Crippen LogP contribution in [0.25, 0.3) is 0 Å². The summed E-state index contributed by atoms with van der Waals surface area (Å²) in [6.07, 6.45) is -2.02. The average Bonchev–Trinajstić information content (AvgIpc) is 0.846. The van der Waals surface area contributed by atoms with Gasteiger partial charge in [0.15, 0.2) is 5.78 Å². The van der Waals surface area contributed by atoms with Crippen LogP contribution in [-0.4, -0.2) is 255 Å². The smallest absolute Gasteiger partial charge is 0.475 e. The number of carbonyl (C=O) groups excluding carboxylic acids is 10. The minimum absolute atomic E-state index is 0. The Balaban J connectivity index is -0.000000468. The Labute approximate surface area is 774 Å². The number of aliphatic carboxylic acids is 1. The van der Waals surface area contributed by atoms with Crippen LogP contribution in [0.3, 0.4) is 0 Å². The fourth-order valence-corrected chi connectivity index (χ4v) is 10.6. The van der Waals surface area contributed by atoms with Gasteiger partial charge in [-0.2, -0.15) is 13.2 Å². The van der Waals surface area contributed by atoms with E-state index in [1.165, 1.54) is 32.9 Å². The van der Waals surface area contributed by atoms with Crippen molar-refractivity contribution in [3.63, 3.8) is 0 Å². The van der Waals surface area contributed by atoms with Crippen LogP contribution in [0.4, 0.5) is 65.6 Å². The van der Waals surface area contributed by atoms with Gasteiger partial charge in [0.2, 0.25) is 0 Å². The number of carboxylic acids is 1. The molecule has 0 bridgehead atoms. The summed E-state index contributed by atoms with van der Waals surface area (Å²) in [5.74, 6) is -3.29. The van der Waals surface area contributed by atoms with E-state index in [0.717, 1.165) is 70.6 Å². The first kappa shape index (κ1) is 123. The van der Waals surface area contributed by atoms with Gasteiger partial charge in [-0.15, -0.1) is 0 Å². The highest BCUT2D eigenvalue weighted by Gasteiger charge is 2.38. The summed E-state index contributed by atoms with van der Waals surface area (Å²) in [5.41, 5.74) is 14.1. The molecule has 5 amide bonds. The number of aliphatic hydroxyl groups excluding tert-OH is 1. The molecule has 3 fully saturated rings. The number of nitrogen functional groups attached to an aromatic ring is 2. The van der Waals surface area contributed by atoms with Crippen molar-refractivity contribution in [1.82, 2.24) is 29.8 Å². The number of rotatable bonds is 13. The third-order valence-corrected chi connectivity index (χ3v) is 16.5. The Morgan fingerprint density at radius 3 is 0.862 bits per heavy atom. The van der Waals surface area contributed by atoms with Crippen LogP contribution < -0.4 is 32.7 Å². The maximum atomic E-state index is 12.6. The van der Waals surface area contributed by atoms with Gasteiger partial charge in [-0.1, -0.05) is 42.5 Å². The van der Waals surface area contributed by atoms with Crippen molar-refractivity contribution in [2.75, 3.05) is 129 Å². The Hall–Kier alpha value is -11.1. The largest absolute Gasteiger partial charge is 0.519 e. The summed E-state index contributed by atoms with van der Waals surface area (Å²) < 4.78 is 83.0. The first-order valence-electron chi connectivity index (χ1n) is 43.2. The third kappa shape index (κ3) is 61.4. The molecule has 5 aromatic carbocycles. The summed E-state index contributed by atoms with van der Waals surface area (Å²) in [5, 5.41) is 25.3. The fourth-order valence-electron chi connectivity index (χ4n) is 10.6. The first-order valence-corrected chi connectivity index (χ1v) is 41.8. The van der Waals surface area contributed by atoms with E-state index in [1.807, 2.05) is 30.6 Å². The normalized spacial score (nSPS) is 13.2. The summed E-state index contributed by atoms with van der Waals surface area (Å²) in [6.45, 7) is 42.2. The number of aliphatic hydroxyl groups is 1. The molecule has 0 atom stereocenters. The van der Waals surface area contributed by atoms with Crippen LogP contribution in [-0.2, 0) is 42.7 Å². The minimum atomic E-state index is -5.08. The van der Waals surface area contributed by atoms with Crippen LogP contribution >= 0.6 is 0 Å². The molecule has 10 N–H and O–H groups in total. The number of Topliss-reactive ketones (excluding diaryl/α,β-unsaturated/α-hetero) is 1. The van der Waals surface area contributed by atoms with E-state index in [4.69, 9.17) is 62.4 Å². The summed E-state index contributed by atoms with van der Waals surface area (Å²) in [4.78, 5) is 135. The number of nitrogens with two attached hydrogens (primary N) is 2. The zero-order valence-corrected chi connectivity index (χ0v) is 80.3. The Bertz CT molecular complexity index is 4070. The van der Waals surface area contributed by atoms with E-state index >= 15 is 0 Å². The maximum Gasteiger partial charge on any atom is 0.519 e. The van der Waals surface area contributed by atoms with Gasteiger partial charge in [0, 0.05) is 99.3 Å². The molecule has 3 saturated heterocycles. The molecule has 8 rings (SSSR count). The van der Waals surface area contributed by atoms with Crippen molar-refractivity contribution in [1.29, 1.82) is 0 Å². The van der Waals surface area contributed by atoms with E-state index in [2.05, 4.69) is 83.0 Å². The molecule has 0 aromatic heterocycles. The number of hydrogen-bond acceptors (Lipinski definition) is 26. The maximum absolute atomic E-state index is 12.6. The number of ketones is 1. The van der Waals surface area contributed by atoms with Crippen molar-refractivity contribution >= 4 is 94.5 Å². The zero-order chi connectivity index (χ0) is 101. The number of hydrogen-bond donors (Lipinski definition) is 8. The van der Waals surface area contributed by atoms with Crippen molar-refractivity contribution < 1.29 is 117 Å². The molecule has 0 aliphatic carbocycles. The lowest BCUT2D eigenvalue weighted by Crippen LogP contribution is -2.44. The fraction of sp³-hybridized carbons (Fsp3) is 0.568. The molecule has 738 valence electrons. The van der Waals surface area contributed by atoms with Crippen LogP contribution in [0.1, 0.15) is 260 Å². The summed E-state index contributed by atoms with van der Waals surface area (Å²) in [7, 11) is 13.7. The Kier molecular flexibility index (Phi) is 61.1. The number of anilines is 5. The number of benzene rings is 5. The molecule has 3 aliphatic rings. The van der Waals surface area contributed by atoms with Gasteiger partial charge in [-0.25, -0.2) is 38.4 Å². The van der Waals surface area contributed by atoms with Crippen LogP contribution in [0.15, 0.2) is 121 Å². The molecule has 0 radical (unpaired) electrons. The number of ether oxygens (including phenoxy) is 8. The number of nitrogens with one attached hydrogen (secondary N) is 4. The number of piperidine rings is 3. The van der Waals surface area contributed by atoms with Gasteiger partial charge < -0.3 is 89.4 Å². The monoisotopic (exact) mass is 1850 g/mol. The van der Waals surface area contributed by atoms with Crippen molar-refractivity contribution in [2.24, 2.45) is 0 Å². The lowest BCUT2D eigenvalue weighted by molar-refractivity contribution is -0.192. The number of carboxylic acid groups (broad SMARTS) is 1. The molecular weight excluding hydrogens is 1690 g/mol. The predicted molar refractivity (Wildman–Crippen MR) is 509 cm³/mol. The molecule has 0 unspecified atom stereocenters. The number of halogens is 3. The second-order valence-corrected chi connectivity index (χ2v) is 33.6. The van der Waals surface area contributed by atoms with E-state index in [9.17, 15) is 61.1 Å². The second kappa shape index (κ2) is 64.6. The lowest BCUT2D eigenvalue weighted by Gasteiger charge is -2.35. The highest BCUT2D eigenvalue weighted by molar-refractivity contribution is 5.97. The molecule has 35 heteroatoms. The Morgan fingerprint density at radius 2 is 0.646 bits per heavy atom. The van der Waals surface area contributed by atoms with Gasteiger partial charge in [0.05, 0.1) is 24.3 Å².